The van der Waals surface area contributed by atoms with Crippen molar-refractivity contribution < 1.29 is 17.9 Å². The number of alkyl halides is 3. The maximum absolute atomic E-state index is 12.1. The average molecular weight is 341 g/mol. The molecular weight excluding hydrogens is 327 g/mol. The van der Waals surface area contributed by atoms with Crippen LogP contribution in [0.5, 0.6) is 5.75 Å². The van der Waals surface area contributed by atoms with Gasteiger partial charge in [0.1, 0.15) is 5.75 Å². The van der Waals surface area contributed by atoms with Crippen LogP contribution in [0, 0.1) is 0 Å². The number of aromatic nitrogens is 1. The topological polar surface area (TPSA) is 46.5 Å². The van der Waals surface area contributed by atoms with Gasteiger partial charge in [-0.25, -0.2) is 4.98 Å². The lowest BCUT2D eigenvalue weighted by Gasteiger charge is -2.08. The zero-order chi connectivity index (χ0) is 16.3. The van der Waals surface area contributed by atoms with E-state index in [9.17, 15) is 13.2 Å². The smallest absolute Gasteiger partial charge is 0.406 e. The SMILES string of the molecule is FC(F)(F)Oc1ccc(-c2csc(NN=C3CCCC3)n2)cc1. The third-order valence-electron chi connectivity index (χ3n) is 3.38. The predicted molar refractivity (Wildman–Crippen MR) is 83.8 cm³/mol. The molecule has 1 aliphatic carbocycles. The molecule has 1 aromatic carbocycles. The average Bonchev–Trinajstić information content (AvgIpc) is 3.16. The predicted octanol–water partition coefficient (Wildman–Crippen LogP) is 5.05. The Labute approximate surface area is 135 Å². The van der Waals surface area contributed by atoms with Gasteiger partial charge in [0.15, 0.2) is 0 Å². The van der Waals surface area contributed by atoms with E-state index in [2.05, 4.69) is 20.2 Å². The zero-order valence-corrected chi connectivity index (χ0v) is 12.9. The largest absolute Gasteiger partial charge is 0.573 e. The molecule has 2 aromatic rings. The van der Waals surface area contributed by atoms with Crippen molar-refractivity contribution in [3.05, 3.63) is 29.6 Å². The highest BCUT2D eigenvalue weighted by Gasteiger charge is 2.30. The van der Waals surface area contributed by atoms with Gasteiger partial charge in [0.2, 0.25) is 5.13 Å². The summed E-state index contributed by atoms with van der Waals surface area (Å²) in [7, 11) is 0. The summed E-state index contributed by atoms with van der Waals surface area (Å²) >= 11 is 1.40. The summed E-state index contributed by atoms with van der Waals surface area (Å²) in [6.45, 7) is 0. The van der Waals surface area contributed by atoms with Crippen LogP contribution in [0.1, 0.15) is 25.7 Å². The molecule has 122 valence electrons. The van der Waals surface area contributed by atoms with Crippen LogP contribution in [0.25, 0.3) is 11.3 Å². The van der Waals surface area contributed by atoms with Gasteiger partial charge in [-0.2, -0.15) is 5.10 Å². The number of thiazole rings is 1. The molecule has 0 atom stereocenters. The molecule has 0 amide bonds. The summed E-state index contributed by atoms with van der Waals surface area (Å²) in [6.07, 6.45) is -0.289. The summed E-state index contributed by atoms with van der Waals surface area (Å²) in [4.78, 5) is 4.38. The lowest BCUT2D eigenvalue weighted by atomic mass is 10.2. The van der Waals surface area contributed by atoms with Gasteiger partial charge >= 0.3 is 6.36 Å². The van der Waals surface area contributed by atoms with E-state index in [0.29, 0.717) is 10.8 Å². The number of hydrogen-bond donors (Lipinski definition) is 1. The van der Waals surface area contributed by atoms with Crippen LogP contribution >= 0.6 is 11.3 Å². The number of ether oxygens (including phenoxy) is 1. The van der Waals surface area contributed by atoms with Crippen molar-refractivity contribution in [2.24, 2.45) is 5.10 Å². The third-order valence-corrected chi connectivity index (χ3v) is 4.13. The maximum atomic E-state index is 12.1. The molecule has 8 heteroatoms. The van der Waals surface area contributed by atoms with Crippen LogP contribution in [0.4, 0.5) is 18.3 Å². The number of rotatable bonds is 4. The van der Waals surface area contributed by atoms with E-state index >= 15 is 0 Å². The van der Waals surface area contributed by atoms with Crippen LogP contribution in [-0.4, -0.2) is 17.1 Å². The van der Waals surface area contributed by atoms with Crippen LogP contribution in [0.3, 0.4) is 0 Å². The Morgan fingerprint density at radius 2 is 1.83 bits per heavy atom. The second kappa shape index (κ2) is 6.57. The fourth-order valence-corrected chi connectivity index (χ4v) is 2.97. The van der Waals surface area contributed by atoms with E-state index < -0.39 is 6.36 Å². The van der Waals surface area contributed by atoms with Gasteiger partial charge in [-0.15, -0.1) is 24.5 Å². The minimum atomic E-state index is -4.68. The van der Waals surface area contributed by atoms with Crippen LogP contribution in [0.2, 0.25) is 0 Å². The Balaban J connectivity index is 1.66. The van der Waals surface area contributed by atoms with Gasteiger partial charge in [-0.1, -0.05) is 0 Å². The summed E-state index contributed by atoms with van der Waals surface area (Å²) in [6, 6.07) is 5.63. The number of halogens is 3. The van der Waals surface area contributed by atoms with Crippen molar-refractivity contribution in [1.82, 2.24) is 4.98 Å². The minimum absolute atomic E-state index is 0.248. The molecule has 0 radical (unpaired) electrons. The normalized spacial score (nSPS) is 14.8. The first-order valence-electron chi connectivity index (χ1n) is 7.13. The van der Waals surface area contributed by atoms with E-state index in [-0.39, 0.29) is 5.75 Å². The highest BCUT2D eigenvalue weighted by Crippen LogP contribution is 2.28. The fraction of sp³-hybridized carbons (Fsp3) is 0.333. The Kier molecular flexibility index (Phi) is 4.51. The standard InChI is InChI=1S/C15H14F3N3OS/c16-15(17,18)22-12-7-5-10(6-8-12)13-9-23-14(19-13)21-20-11-3-1-2-4-11/h5-9H,1-4H2,(H,19,21). The molecule has 1 aromatic heterocycles. The molecule has 23 heavy (non-hydrogen) atoms. The highest BCUT2D eigenvalue weighted by molar-refractivity contribution is 7.14. The number of benzene rings is 1. The van der Waals surface area contributed by atoms with Gasteiger partial charge in [0, 0.05) is 16.7 Å². The fourth-order valence-electron chi connectivity index (χ4n) is 2.31. The lowest BCUT2D eigenvalue weighted by Crippen LogP contribution is -2.16. The first-order chi connectivity index (χ1) is 11.0. The van der Waals surface area contributed by atoms with Crippen molar-refractivity contribution in [1.29, 1.82) is 0 Å². The number of nitrogens with one attached hydrogen (secondary N) is 1. The maximum Gasteiger partial charge on any atom is 0.573 e. The molecule has 1 aliphatic rings. The Morgan fingerprint density at radius 3 is 2.48 bits per heavy atom. The molecular formula is C15H14F3N3OS. The van der Waals surface area contributed by atoms with E-state index in [1.165, 1.54) is 36.3 Å². The zero-order valence-electron chi connectivity index (χ0n) is 12.1. The first-order valence-corrected chi connectivity index (χ1v) is 8.01. The van der Waals surface area contributed by atoms with Crippen molar-refractivity contribution in [2.75, 3.05) is 5.43 Å². The summed E-state index contributed by atoms with van der Waals surface area (Å²) in [5.74, 6) is -0.248. The Bertz CT molecular complexity index is 687. The van der Waals surface area contributed by atoms with Gasteiger partial charge in [0.25, 0.3) is 0 Å². The van der Waals surface area contributed by atoms with Gasteiger partial charge in [0.05, 0.1) is 5.69 Å². The van der Waals surface area contributed by atoms with E-state index in [0.717, 1.165) is 24.1 Å². The number of hydrazone groups is 1. The summed E-state index contributed by atoms with van der Waals surface area (Å²) in [5.41, 5.74) is 5.49. The summed E-state index contributed by atoms with van der Waals surface area (Å²) < 4.78 is 40.2. The monoisotopic (exact) mass is 341 g/mol. The van der Waals surface area contributed by atoms with Crippen LogP contribution in [0.15, 0.2) is 34.7 Å². The molecule has 1 fully saturated rings. The second-order valence-corrected chi connectivity index (χ2v) is 5.97. The Hall–Kier alpha value is -2.09. The van der Waals surface area contributed by atoms with Crippen molar-refractivity contribution in [3.63, 3.8) is 0 Å². The molecule has 0 saturated heterocycles. The quantitative estimate of drug-likeness (QED) is 0.792. The third kappa shape index (κ3) is 4.44. The number of hydrogen-bond acceptors (Lipinski definition) is 5. The van der Waals surface area contributed by atoms with Gasteiger partial charge in [-0.05, 0) is 49.9 Å². The van der Waals surface area contributed by atoms with Gasteiger partial charge < -0.3 is 4.74 Å². The highest BCUT2D eigenvalue weighted by atomic mass is 32.1. The van der Waals surface area contributed by atoms with Crippen LogP contribution in [-0.2, 0) is 0 Å². The van der Waals surface area contributed by atoms with Crippen molar-refractivity contribution >= 4 is 22.2 Å². The van der Waals surface area contributed by atoms with Gasteiger partial charge in [-0.3, -0.25) is 5.43 Å². The number of anilines is 1. The first kappa shape index (κ1) is 15.8. The molecule has 1 saturated carbocycles. The molecule has 3 rings (SSSR count). The Morgan fingerprint density at radius 1 is 1.13 bits per heavy atom. The van der Waals surface area contributed by atoms with E-state index in [1.54, 1.807) is 12.1 Å². The minimum Gasteiger partial charge on any atom is -0.406 e. The molecule has 1 N–H and O–H groups in total. The van der Waals surface area contributed by atoms with Crippen molar-refractivity contribution in [3.8, 4) is 17.0 Å². The number of nitrogens with zero attached hydrogens (tertiary/aromatic N) is 2. The molecule has 0 unspecified atom stereocenters. The molecule has 1 heterocycles. The van der Waals surface area contributed by atoms with Crippen molar-refractivity contribution in [2.45, 2.75) is 32.0 Å². The molecule has 0 aliphatic heterocycles. The van der Waals surface area contributed by atoms with E-state index in [4.69, 9.17) is 0 Å². The lowest BCUT2D eigenvalue weighted by molar-refractivity contribution is -0.274. The second-order valence-electron chi connectivity index (χ2n) is 5.11. The summed E-state index contributed by atoms with van der Waals surface area (Å²) in [5, 5.41) is 6.82. The molecule has 4 nitrogen and oxygen atoms in total. The van der Waals surface area contributed by atoms with E-state index in [1.807, 2.05) is 5.38 Å². The van der Waals surface area contributed by atoms with Crippen LogP contribution < -0.4 is 10.2 Å². The molecule has 0 spiro atoms. The molecule has 0 bridgehead atoms.